The lowest BCUT2D eigenvalue weighted by molar-refractivity contribution is 0.102. The third kappa shape index (κ3) is 5.30. The molecule has 2 aromatic carbocycles. The maximum absolute atomic E-state index is 12.3. The molecule has 3 N–H and O–H groups in total. The van der Waals surface area contributed by atoms with Crippen molar-refractivity contribution >= 4 is 17.3 Å². The SMILES string of the molecule is CCCCCCOc1ccc(C(=O)Nc2ccc(N)cc2C)cc1. The Morgan fingerprint density at radius 3 is 2.50 bits per heavy atom. The van der Waals surface area contributed by atoms with Gasteiger partial charge in [0, 0.05) is 16.9 Å². The largest absolute Gasteiger partial charge is 0.494 e. The van der Waals surface area contributed by atoms with Crippen LogP contribution in [-0.4, -0.2) is 12.5 Å². The van der Waals surface area contributed by atoms with Gasteiger partial charge in [0.15, 0.2) is 0 Å². The zero-order valence-electron chi connectivity index (χ0n) is 14.5. The van der Waals surface area contributed by atoms with E-state index in [-0.39, 0.29) is 5.91 Å². The lowest BCUT2D eigenvalue weighted by atomic mass is 10.1. The highest BCUT2D eigenvalue weighted by Gasteiger charge is 2.08. The Morgan fingerprint density at radius 2 is 1.83 bits per heavy atom. The maximum atomic E-state index is 12.3. The Hall–Kier alpha value is -2.49. The van der Waals surface area contributed by atoms with E-state index in [9.17, 15) is 4.79 Å². The van der Waals surface area contributed by atoms with Crippen LogP contribution < -0.4 is 15.8 Å². The number of rotatable bonds is 8. The second-order valence-corrected chi connectivity index (χ2v) is 5.96. The summed E-state index contributed by atoms with van der Waals surface area (Å²) in [5.41, 5.74) is 8.72. The lowest BCUT2D eigenvalue weighted by Crippen LogP contribution is -2.12. The second kappa shape index (κ2) is 8.96. The van der Waals surface area contributed by atoms with E-state index < -0.39 is 0 Å². The molecule has 24 heavy (non-hydrogen) atoms. The van der Waals surface area contributed by atoms with Gasteiger partial charge in [0.2, 0.25) is 0 Å². The van der Waals surface area contributed by atoms with Gasteiger partial charge < -0.3 is 15.8 Å². The Kier molecular flexibility index (Phi) is 6.67. The number of carbonyl (C=O) groups excluding carboxylic acids is 1. The van der Waals surface area contributed by atoms with Crippen LogP contribution in [0, 0.1) is 6.92 Å². The molecule has 0 heterocycles. The maximum Gasteiger partial charge on any atom is 0.255 e. The number of hydrogen-bond donors (Lipinski definition) is 2. The van der Waals surface area contributed by atoms with Crippen molar-refractivity contribution in [1.29, 1.82) is 0 Å². The normalized spacial score (nSPS) is 10.4. The van der Waals surface area contributed by atoms with Crippen molar-refractivity contribution in [3.63, 3.8) is 0 Å². The van der Waals surface area contributed by atoms with Crippen LogP contribution in [0.1, 0.15) is 48.5 Å². The number of unbranched alkanes of at least 4 members (excludes halogenated alkanes) is 3. The highest BCUT2D eigenvalue weighted by molar-refractivity contribution is 6.04. The molecule has 0 aliphatic heterocycles. The summed E-state index contributed by atoms with van der Waals surface area (Å²) in [5, 5.41) is 2.90. The Morgan fingerprint density at radius 1 is 1.08 bits per heavy atom. The topological polar surface area (TPSA) is 64.3 Å². The van der Waals surface area contributed by atoms with Crippen molar-refractivity contribution in [2.75, 3.05) is 17.7 Å². The van der Waals surface area contributed by atoms with Gasteiger partial charge in [0.25, 0.3) is 5.91 Å². The first-order valence-corrected chi connectivity index (χ1v) is 8.50. The molecule has 2 rings (SSSR count). The van der Waals surface area contributed by atoms with Crippen LogP contribution >= 0.6 is 0 Å². The van der Waals surface area contributed by atoms with Crippen molar-refractivity contribution < 1.29 is 9.53 Å². The summed E-state index contributed by atoms with van der Waals surface area (Å²) in [5.74, 6) is 0.657. The average molecular weight is 326 g/mol. The fraction of sp³-hybridized carbons (Fsp3) is 0.350. The van der Waals surface area contributed by atoms with Crippen LogP contribution in [0.3, 0.4) is 0 Å². The Bertz CT molecular complexity index is 666. The molecule has 0 radical (unpaired) electrons. The van der Waals surface area contributed by atoms with E-state index in [4.69, 9.17) is 10.5 Å². The van der Waals surface area contributed by atoms with E-state index in [0.29, 0.717) is 11.3 Å². The molecule has 4 heteroatoms. The number of nitrogens with one attached hydrogen (secondary N) is 1. The Labute approximate surface area is 144 Å². The minimum atomic E-state index is -0.141. The molecule has 0 spiro atoms. The number of amides is 1. The first-order chi connectivity index (χ1) is 11.6. The molecule has 0 saturated heterocycles. The molecule has 0 aliphatic rings. The lowest BCUT2D eigenvalue weighted by Gasteiger charge is -2.10. The minimum absolute atomic E-state index is 0.141. The molecule has 0 unspecified atom stereocenters. The Balaban J connectivity index is 1.89. The van der Waals surface area contributed by atoms with Crippen molar-refractivity contribution in [3.05, 3.63) is 53.6 Å². The molecule has 0 aliphatic carbocycles. The van der Waals surface area contributed by atoms with E-state index >= 15 is 0 Å². The summed E-state index contributed by atoms with van der Waals surface area (Å²) in [4.78, 5) is 12.3. The molecule has 4 nitrogen and oxygen atoms in total. The average Bonchev–Trinajstić information content (AvgIpc) is 2.57. The van der Waals surface area contributed by atoms with Gasteiger partial charge in [-0.2, -0.15) is 0 Å². The molecule has 0 saturated carbocycles. The minimum Gasteiger partial charge on any atom is -0.494 e. The van der Waals surface area contributed by atoms with Gasteiger partial charge in [-0.1, -0.05) is 26.2 Å². The standard InChI is InChI=1S/C20H26N2O2/c1-3-4-5-6-13-24-18-10-7-16(8-11-18)20(23)22-19-12-9-17(21)14-15(19)2/h7-12,14H,3-6,13,21H2,1-2H3,(H,22,23). The van der Waals surface area contributed by atoms with Crippen molar-refractivity contribution in [2.24, 2.45) is 0 Å². The van der Waals surface area contributed by atoms with Gasteiger partial charge in [-0.05, 0) is 61.4 Å². The molecule has 0 fully saturated rings. The highest BCUT2D eigenvalue weighted by Crippen LogP contribution is 2.19. The molecule has 1 amide bonds. The van der Waals surface area contributed by atoms with Crippen LogP contribution in [0.4, 0.5) is 11.4 Å². The van der Waals surface area contributed by atoms with Gasteiger partial charge in [-0.25, -0.2) is 0 Å². The van der Waals surface area contributed by atoms with E-state index in [2.05, 4.69) is 12.2 Å². The third-order valence-corrected chi connectivity index (χ3v) is 3.88. The predicted molar refractivity (Wildman–Crippen MR) is 99.6 cm³/mol. The predicted octanol–water partition coefficient (Wildman–Crippen LogP) is 4.79. The fourth-order valence-corrected chi connectivity index (χ4v) is 2.44. The number of hydrogen-bond acceptors (Lipinski definition) is 3. The molecule has 0 aromatic heterocycles. The van der Waals surface area contributed by atoms with Crippen molar-refractivity contribution in [3.8, 4) is 5.75 Å². The van der Waals surface area contributed by atoms with Gasteiger partial charge in [-0.3, -0.25) is 4.79 Å². The molecule has 2 aromatic rings. The summed E-state index contributed by atoms with van der Waals surface area (Å²) in [7, 11) is 0. The molecule has 0 bridgehead atoms. The van der Waals surface area contributed by atoms with Crippen LogP contribution in [0.5, 0.6) is 5.75 Å². The number of ether oxygens (including phenoxy) is 1. The van der Waals surface area contributed by atoms with Crippen LogP contribution in [0.25, 0.3) is 0 Å². The van der Waals surface area contributed by atoms with Crippen molar-refractivity contribution in [1.82, 2.24) is 0 Å². The van der Waals surface area contributed by atoms with Crippen molar-refractivity contribution in [2.45, 2.75) is 39.5 Å². The van der Waals surface area contributed by atoms with E-state index in [1.165, 1.54) is 19.3 Å². The van der Waals surface area contributed by atoms with Gasteiger partial charge >= 0.3 is 0 Å². The zero-order chi connectivity index (χ0) is 17.4. The summed E-state index contributed by atoms with van der Waals surface area (Å²) in [6.45, 7) is 4.83. The van der Waals surface area contributed by atoms with Gasteiger partial charge in [-0.15, -0.1) is 0 Å². The fourth-order valence-electron chi connectivity index (χ4n) is 2.44. The van der Waals surface area contributed by atoms with Crippen LogP contribution in [-0.2, 0) is 0 Å². The number of nitrogens with two attached hydrogens (primary N) is 1. The van der Waals surface area contributed by atoms with E-state index in [1.807, 2.05) is 31.2 Å². The summed E-state index contributed by atoms with van der Waals surface area (Å²) in [6, 6.07) is 12.7. The number of benzene rings is 2. The molecule has 0 atom stereocenters. The third-order valence-electron chi connectivity index (χ3n) is 3.88. The molecule has 128 valence electrons. The van der Waals surface area contributed by atoms with Gasteiger partial charge in [0.1, 0.15) is 5.75 Å². The summed E-state index contributed by atoms with van der Waals surface area (Å²) in [6.07, 6.45) is 4.72. The van der Waals surface area contributed by atoms with Crippen LogP contribution in [0.2, 0.25) is 0 Å². The summed E-state index contributed by atoms with van der Waals surface area (Å²) >= 11 is 0. The highest BCUT2D eigenvalue weighted by atomic mass is 16.5. The quantitative estimate of drug-likeness (QED) is 0.541. The van der Waals surface area contributed by atoms with E-state index in [1.54, 1.807) is 18.2 Å². The van der Waals surface area contributed by atoms with E-state index in [0.717, 1.165) is 30.0 Å². The molecular weight excluding hydrogens is 300 g/mol. The number of aryl methyl sites for hydroxylation is 1. The molecular formula is C20H26N2O2. The first-order valence-electron chi connectivity index (χ1n) is 8.50. The summed E-state index contributed by atoms with van der Waals surface area (Å²) < 4.78 is 5.69. The second-order valence-electron chi connectivity index (χ2n) is 5.96. The smallest absolute Gasteiger partial charge is 0.255 e. The number of carbonyl (C=O) groups is 1. The monoisotopic (exact) mass is 326 g/mol. The number of anilines is 2. The van der Waals surface area contributed by atoms with Crippen LogP contribution in [0.15, 0.2) is 42.5 Å². The van der Waals surface area contributed by atoms with Gasteiger partial charge in [0.05, 0.1) is 6.61 Å². The number of nitrogen functional groups attached to an aromatic ring is 1. The first kappa shape index (κ1) is 17.9. The zero-order valence-corrected chi connectivity index (χ0v) is 14.5.